The summed E-state index contributed by atoms with van der Waals surface area (Å²) >= 11 is 6.59. The molecule has 0 fully saturated rings. The van der Waals surface area contributed by atoms with Gasteiger partial charge in [0.25, 0.3) is 0 Å². The molecule has 0 radical (unpaired) electrons. The molecule has 2 aromatic rings. The fourth-order valence-electron chi connectivity index (χ4n) is 1.71. The first-order chi connectivity index (χ1) is 10.0. The summed E-state index contributed by atoms with van der Waals surface area (Å²) in [5.41, 5.74) is 1.58. The van der Waals surface area contributed by atoms with Gasteiger partial charge in [0.1, 0.15) is 12.4 Å². The molecule has 1 N–H and O–H groups in total. The van der Waals surface area contributed by atoms with Crippen molar-refractivity contribution < 1.29 is 14.6 Å². The van der Waals surface area contributed by atoms with Crippen LogP contribution in [-0.2, 0) is 6.61 Å². The normalized spacial score (nSPS) is 9.95. The number of nitriles is 1. The molecule has 6 heteroatoms. The number of nitrogens with zero attached hydrogens (tertiary/aromatic N) is 1. The number of ether oxygens (including phenoxy) is 1. The van der Waals surface area contributed by atoms with Gasteiger partial charge in [-0.15, -0.1) is 0 Å². The van der Waals surface area contributed by atoms with Gasteiger partial charge in [-0.3, -0.25) is 0 Å². The molecule has 0 aliphatic rings. The zero-order valence-electron chi connectivity index (χ0n) is 10.6. The Morgan fingerprint density at radius 1 is 1.24 bits per heavy atom. The van der Waals surface area contributed by atoms with E-state index in [0.29, 0.717) is 20.3 Å². The van der Waals surface area contributed by atoms with E-state index in [1.54, 1.807) is 18.2 Å². The number of benzene rings is 2. The van der Waals surface area contributed by atoms with E-state index in [4.69, 9.17) is 15.1 Å². The highest BCUT2D eigenvalue weighted by atomic mass is 79.9. The summed E-state index contributed by atoms with van der Waals surface area (Å²) in [5, 5.41) is 17.8. The van der Waals surface area contributed by atoms with Gasteiger partial charge in [-0.05, 0) is 61.7 Å². The maximum atomic E-state index is 11.0. The van der Waals surface area contributed by atoms with Crippen molar-refractivity contribution in [3.8, 4) is 11.8 Å². The predicted molar refractivity (Wildman–Crippen MR) is 84.3 cm³/mol. The highest BCUT2D eigenvalue weighted by Gasteiger charge is 2.13. The van der Waals surface area contributed by atoms with E-state index in [1.165, 1.54) is 12.1 Å². The molecule has 0 unspecified atom stereocenters. The summed E-state index contributed by atoms with van der Waals surface area (Å²) < 4.78 is 6.79. The average Bonchev–Trinajstić information content (AvgIpc) is 2.46. The molecule has 0 spiro atoms. The van der Waals surface area contributed by atoms with Crippen molar-refractivity contribution >= 4 is 37.8 Å². The number of hydrogen-bond acceptors (Lipinski definition) is 3. The van der Waals surface area contributed by atoms with E-state index in [2.05, 4.69) is 37.9 Å². The maximum absolute atomic E-state index is 11.0. The van der Waals surface area contributed by atoms with Crippen LogP contribution in [0.3, 0.4) is 0 Å². The van der Waals surface area contributed by atoms with Crippen molar-refractivity contribution in [2.45, 2.75) is 6.61 Å². The van der Waals surface area contributed by atoms with Gasteiger partial charge in [-0.25, -0.2) is 4.79 Å². The summed E-state index contributed by atoms with van der Waals surface area (Å²) in [6.07, 6.45) is 0. The van der Waals surface area contributed by atoms with Gasteiger partial charge >= 0.3 is 5.97 Å². The highest BCUT2D eigenvalue weighted by molar-refractivity contribution is 9.11. The lowest BCUT2D eigenvalue weighted by Gasteiger charge is -2.11. The van der Waals surface area contributed by atoms with Crippen LogP contribution in [0.5, 0.6) is 5.75 Å². The van der Waals surface area contributed by atoms with Gasteiger partial charge in [0.05, 0.1) is 26.1 Å². The molecule has 0 bridgehead atoms. The van der Waals surface area contributed by atoms with Crippen molar-refractivity contribution in [3.63, 3.8) is 0 Å². The number of halogens is 2. The second-order valence-corrected chi connectivity index (χ2v) is 5.88. The van der Waals surface area contributed by atoms with Crippen LogP contribution < -0.4 is 4.74 Å². The Morgan fingerprint density at radius 3 is 2.48 bits per heavy atom. The molecule has 0 aliphatic heterocycles. The molecule has 0 atom stereocenters. The first kappa shape index (κ1) is 15.5. The monoisotopic (exact) mass is 409 g/mol. The van der Waals surface area contributed by atoms with Gasteiger partial charge in [-0.1, -0.05) is 12.1 Å². The van der Waals surface area contributed by atoms with E-state index in [1.807, 2.05) is 6.07 Å². The van der Waals surface area contributed by atoms with Gasteiger partial charge in [0.2, 0.25) is 0 Å². The Bertz CT molecular complexity index is 715. The summed E-state index contributed by atoms with van der Waals surface area (Å²) in [6, 6.07) is 12.1. The fourth-order valence-corrected chi connectivity index (χ4v) is 3.12. The molecule has 0 heterocycles. The third-order valence-electron chi connectivity index (χ3n) is 2.68. The smallest absolute Gasteiger partial charge is 0.335 e. The SMILES string of the molecule is N#Cc1cccc(COc2c(Br)cc(C(=O)O)cc2Br)c1. The molecule has 21 heavy (non-hydrogen) atoms. The van der Waals surface area contributed by atoms with Crippen molar-refractivity contribution in [1.82, 2.24) is 0 Å². The minimum Gasteiger partial charge on any atom is -0.487 e. The minimum atomic E-state index is -1.01. The molecule has 2 rings (SSSR count). The standard InChI is InChI=1S/C15H9Br2NO3/c16-12-5-11(15(19)20)6-13(17)14(12)21-8-10-3-1-2-9(4-10)7-18/h1-6H,8H2,(H,19,20). The second-order valence-electron chi connectivity index (χ2n) is 4.18. The van der Waals surface area contributed by atoms with E-state index < -0.39 is 5.97 Å². The number of aromatic carboxylic acids is 1. The van der Waals surface area contributed by atoms with Gasteiger partial charge < -0.3 is 9.84 Å². The fraction of sp³-hybridized carbons (Fsp3) is 0.0667. The number of hydrogen-bond donors (Lipinski definition) is 1. The molecule has 4 nitrogen and oxygen atoms in total. The molecule has 0 aromatic heterocycles. The molecular formula is C15H9Br2NO3. The lowest BCUT2D eigenvalue weighted by atomic mass is 10.1. The molecule has 0 saturated heterocycles. The lowest BCUT2D eigenvalue weighted by molar-refractivity contribution is 0.0696. The topological polar surface area (TPSA) is 70.3 Å². The van der Waals surface area contributed by atoms with Crippen LogP contribution >= 0.6 is 31.9 Å². The summed E-state index contributed by atoms with van der Waals surface area (Å²) in [6.45, 7) is 0.277. The van der Waals surface area contributed by atoms with Gasteiger partial charge in [0.15, 0.2) is 0 Å². The van der Waals surface area contributed by atoms with Crippen LogP contribution in [0, 0.1) is 11.3 Å². The Kier molecular flexibility index (Phi) is 4.99. The predicted octanol–water partition coefficient (Wildman–Crippen LogP) is 4.36. The Labute approximate surface area is 138 Å². The van der Waals surface area contributed by atoms with Crippen molar-refractivity contribution in [1.29, 1.82) is 5.26 Å². The maximum Gasteiger partial charge on any atom is 0.335 e. The molecule has 106 valence electrons. The molecule has 0 saturated carbocycles. The summed E-state index contributed by atoms with van der Waals surface area (Å²) in [7, 11) is 0. The zero-order valence-corrected chi connectivity index (χ0v) is 13.8. The molecule has 0 amide bonds. The molecular weight excluding hydrogens is 402 g/mol. The number of carboxylic acids is 1. The van der Waals surface area contributed by atoms with E-state index in [9.17, 15) is 4.79 Å². The Morgan fingerprint density at radius 2 is 1.90 bits per heavy atom. The number of rotatable bonds is 4. The minimum absolute atomic E-state index is 0.160. The van der Waals surface area contributed by atoms with E-state index in [-0.39, 0.29) is 12.2 Å². The van der Waals surface area contributed by atoms with Crippen LogP contribution in [0.25, 0.3) is 0 Å². The highest BCUT2D eigenvalue weighted by Crippen LogP contribution is 2.35. The summed E-state index contributed by atoms with van der Waals surface area (Å²) in [5.74, 6) is -0.493. The molecule has 0 aliphatic carbocycles. The lowest BCUT2D eigenvalue weighted by Crippen LogP contribution is -2.00. The first-order valence-corrected chi connectivity index (χ1v) is 7.44. The van der Waals surface area contributed by atoms with Crippen LogP contribution in [0.1, 0.15) is 21.5 Å². The van der Waals surface area contributed by atoms with Gasteiger partial charge in [-0.2, -0.15) is 5.26 Å². The quantitative estimate of drug-likeness (QED) is 0.812. The summed E-state index contributed by atoms with van der Waals surface area (Å²) in [4.78, 5) is 11.0. The number of carboxylic acid groups (broad SMARTS) is 1. The second kappa shape index (κ2) is 6.74. The van der Waals surface area contributed by atoms with E-state index >= 15 is 0 Å². The van der Waals surface area contributed by atoms with E-state index in [0.717, 1.165) is 5.56 Å². The van der Waals surface area contributed by atoms with Crippen LogP contribution in [0.15, 0.2) is 45.3 Å². The Balaban J connectivity index is 2.20. The number of carbonyl (C=O) groups is 1. The van der Waals surface area contributed by atoms with Crippen LogP contribution in [-0.4, -0.2) is 11.1 Å². The zero-order chi connectivity index (χ0) is 15.4. The average molecular weight is 411 g/mol. The third kappa shape index (κ3) is 3.84. The van der Waals surface area contributed by atoms with Gasteiger partial charge in [0, 0.05) is 0 Å². The van der Waals surface area contributed by atoms with Crippen LogP contribution in [0.2, 0.25) is 0 Å². The first-order valence-electron chi connectivity index (χ1n) is 5.85. The van der Waals surface area contributed by atoms with Crippen molar-refractivity contribution in [2.75, 3.05) is 0 Å². The van der Waals surface area contributed by atoms with Crippen molar-refractivity contribution in [3.05, 3.63) is 62.0 Å². The van der Waals surface area contributed by atoms with Crippen molar-refractivity contribution in [2.24, 2.45) is 0 Å². The Hall–Kier alpha value is -1.84. The van der Waals surface area contributed by atoms with Crippen LogP contribution in [0.4, 0.5) is 0 Å². The largest absolute Gasteiger partial charge is 0.487 e. The third-order valence-corrected chi connectivity index (χ3v) is 3.86. The molecule has 2 aromatic carbocycles.